The Balaban J connectivity index is 0.000000297. The van der Waals surface area contributed by atoms with E-state index in [0.29, 0.717) is 6.54 Å². The van der Waals surface area contributed by atoms with Gasteiger partial charge in [-0.3, -0.25) is 4.79 Å². The van der Waals surface area contributed by atoms with Gasteiger partial charge in [0.25, 0.3) is 0 Å². The van der Waals surface area contributed by atoms with Crippen molar-refractivity contribution < 1.29 is 26.6 Å². The first kappa shape index (κ1) is 37.6. The number of aryl methyl sites for hydroxylation is 3. The van der Waals surface area contributed by atoms with Gasteiger partial charge in [0.1, 0.15) is 22.6 Å². The van der Waals surface area contributed by atoms with Crippen molar-refractivity contribution >= 4 is 22.6 Å². The van der Waals surface area contributed by atoms with E-state index in [2.05, 4.69) is 23.2 Å². The summed E-state index contributed by atoms with van der Waals surface area (Å²) in [7, 11) is 0.223. The molecule has 4 aromatic rings. The summed E-state index contributed by atoms with van der Waals surface area (Å²) in [5.74, 6) is 0.849. The minimum absolute atomic E-state index is 0.0632. The highest BCUT2D eigenvalue weighted by Gasteiger charge is 2.46. The van der Waals surface area contributed by atoms with Crippen molar-refractivity contribution in [3.63, 3.8) is 0 Å². The monoisotopic (exact) mass is 672 g/mol. The van der Waals surface area contributed by atoms with Crippen LogP contribution in [0.2, 0.25) is 0 Å². The quantitative estimate of drug-likeness (QED) is 0.209. The lowest BCUT2D eigenvalue weighted by Gasteiger charge is -2.25. The fourth-order valence-electron chi connectivity index (χ4n) is 5.40. The summed E-state index contributed by atoms with van der Waals surface area (Å²) >= 11 is 0. The van der Waals surface area contributed by atoms with Gasteiger partial charge in [-0.1, -0.05) is 45.9 Å². The van der Waals surface area contributed by atoms with Crippen LogP contribution >= 0.6 is 0 Å². The standard InChI is InChI=1S/C25H26FN3O.C7H6F3NOS.2C2H6/c1-28-13-12-27-24(28)16-29(21-11-8-17-4-2-3-5-19(17)14-21)25(30)23-15-22(23)18-6-9-20(26)10-7-18;8-7(9,10)5-1-3-6(4-2-5)13(11)12;2*1-2/h6-14,22-23H,2-5,15-16H2,1H3;1-4H,11H2;2*1-2H3. The number of nitrogens with zero attached hydrogens (tertiary/aromatic N) is 3. The lowest BCUT2D eigenvalue weighted by molar-refractivity contribution is -0.137. The maximum Gasteiger partial charge on any atom is 0.416 e. The van der Waals surface area contributed by atoms with Gasteiger partial charge in [0.05, 0.1) is 17.0 Å². The summed E-state index contributed by atoms with van der Waals surface area (Å²) in [4.78, 5) is 20.1. The van der Waals surface area contributed by atoms with Crippen LogP contribution in [-0.2, 0) is 48.4 Å². The molecule has 1 aromatic heterocycles. The summed E-state index contributed by atoms with van der Waals surface area (Å²) in [5.41, 5.74) is 3.99. The molecule has 11 heteroatoms. The molecule has 47 heavy (non-hydrogen) atoms. The molecular weight excluding hydrogens is 628 g/mol. The molecule has 0 saturated heterocycles. The predicted octanol–water partition coefficient (Wildman–Crippen LogP) is 8.51. The van der Waals surface area contributed by atoms with Crippen molar-refractivity contribution in [2.24, 2.45) is 18.1 Å². The Morgan fingerprint density at radius 3 is 2.13 bits per heavy atom. The van der Waals surface area contributed by atoms with Crippen LogP contribution in [-0.4, -0.2) is 19.7 Å². The number of alkyl halides is 3. The lowest BCUT2D eigenvalue weighted by Crippen LogP contribution is -2.33. The Labute approximate surface area is 277 Å². The average Bonchev–Trinajstić information content (AvgIpc) is 3.79. The summed E-state index contributed by atoms with van der Waals surface area (Å²) in [6.07, 6.45) is 4.77. The minimum Gasteiger partial charge on any atom is -0.337 e. The molecule has 3 aromatic carbocycles. The van der Waals surface area contributed by atoms with E-state index >= 15 is 0 Å². The summed E-state index contributed by atoms with van der Waals surface area (Å²) in [5, 5.41) is 4.96. The topological polar surface area (TPSA) is 81.2 Å². The second-order valence-electron chi connectivity index (χ2n) is 10.9. The molecule has 1 heterocycles. The Hall–Kier alpha value is -3.83. The lowest BCUT2D eigenvalue weighted by atomic mass is 9.91. The largest absolute Gasteiger partial charge is 0.416 e. The second kappa shape index (κ2) is 17.4. The minimum atomic E-state index is -4.37. The number of anilines is 1. The van der Waals surface area contributed by atoms with Gasteiger partial charge in [-0.05, 0) is 103 Å². The smallest absolute Gasteiger partial charge is 0.337 e. The van der Waals surface area contributed by atoms with E-state index in [9.17, 15) is 26.6 Å². The fraction of sp³-hybridized carbons (Fsp3) is 0.389. The van der Waals surface area contributed by atoms with Gasteiger partial charge in [-0.25, -0.2) is 18.7 Å². The molecule has 6 nitrogen and oxygen atoms in total. The first-order chi connectivity index (χ1) is 22.5. The van der Waals surface area contributed by atoms with Crippen LogP contribution < -0.4 is 10.0 Å². The van der Waals surface area contributed by atoms with Crippen LogP contribution in [0.3, 0.4) is 0 Å². The molecule has 1 saturated carbocycles. The Bertz CT molecular complexity index is 1600. The highest BCUT2D eigenvalue weighted by atomic mass is 32.2. The van der Waals surface area contributed by atoms with Crippen LogP contribution in [0.25, 0.3) is 0 Å². The summed E-state index contributed by atoms with van der Waals surface area (Å²) < 4.78 is 61.9. The van der Waals surface area contributed by atoms with E-state index in [1.807, 2.05) is 50.4 Å². The predicted molar refractivity (Wildman–Crippen MR) is 179 cm³/mol. The van der Waals surface area contributed by atoms with Crippen LogP contribution in [0.1, 0.15) is 81.0 Å². The van der Waals surface area contributed by atoms with E-state index in [1.54, 1.807) is 18.3 Å². The number of hydrogen-bond acceptors (Lipinski definition) is 3. The number of hydrogen-bond donors (Lipinski definition) is 1. The Morgan fingerprint density at radius 2 is 1.57 bits per heavy atom. The van der Waals surface area contributed by atoms with E-state index in [1.165, 1.54) is 36.1 Å². The average molecular weight is 673 g/mol. The van der Waals surface area contributed by atoms with E-state index in [0.717, 1.165) is 60.6 Å². The molecule has 0 aliphatic heterocycles. The third-order valence-corrected chi connectivity index (χ3v) is 8.69. The molecule has 0 bridgehead atoms. The van der Waals surface area contributed by atoms with Gasteiger partial charge in [-0.15, -0.1) is 0 Å². The number of rotatable bonds is 6. The normalized spacial score (nSPS) is 16.9. The molecular formula is C36H44F4N4O2S. The van der Waals surface area contributed by atoms with Crippen molar-refractivity contribution in [3.05, 3.63) is 113 Å². The first-order valence-corrected chi connectivity index (χ1v) is 17.2. The molecule has 2 N–H and O–H groups in total. The van der Waals surface area contributed by atoms with Crippen molar-refractivity contribution in [3.8, 4) is 0 Å². The van der Waals surface area contributed by atoms with E-state index in [4.69, 9.17) is 5.14 Å². The second-order valence-corrected chi connectivity index (χ2v) is 11.9. The SMILES string of the molecule is CC.CC.Cn1ccnc1CN(C(=O)C1CC1c1ccc(F)cc1)c1ccc2c(c1)CCCC2.NS(=O)c1ccc(C(F)(F)F)cc1. The van der Waals surface area contributed by atoms with Crippen LogP contribution in [0, 0.1) is 11.7 Å². The maximum atomic E-state index is 13.6. The number of imidazole rings is 1. The highest BCUT2D eigenvalue weighted by molar-refractivity contribution is 7.82. The molecule has 6 rings (SSSR count). The number of carbonyl (C=O) groups excluding carboxylic acids is 1. The maximum absolute atomic E-state index is 13.6. The number of amides is 1. The molecule has 2 aliphatic carbocycles. The molecule has 254 valence electrons. The Morgan fingerprint density at radius 1 is 0.957 bits per heavy atom. The van der Waals surface area contributed by atoms with Crippen LogP contribution in [0.5, 0.6) is 0 Å². The zero-order valence-electron chi connectivity index (χ0n) is 27.6. The zero-order chi connectivity index (χ0) is 34.7. The van der Waals surface area contributed by atoms with Gasteiger partial charge in [0.2, 0.25) is 5.91 Å². The van der Waals surface area contributed by atoms with Gasteiger partial charge < -0.3 is 9.47 Å². The van der Waals surface area contributed by atoms with Crippen molar-refractivity contribution in [2.45, 2.75) is 83.3 Å². The number of benzene rings is 3. The number of halogens is 4. The van der Waals surface area contributed by atoms with Crippen LogP contribution in [0.15, 0.2) is 84.0 Å². The fourth-order valence-corrected chi connectivity index (χ4v) is 5.80. The molecule has 1 fully saturated rings. The summed E-state index contributed by atoms with van der Waals surface area (Å²) in [6, 6.07) is 16.9. The molecule has 3 atom stereocenters. The Kier molecular flexibility index (Phi) is 13.9. The molecule has 2 aliphatic rings. The van der Waals surface area contributed by atoms with Gasteiger partial charge in [-0.2, -0.15) is 13.2 Å². The van der Waals surface area contributed by atoms with Gasteiger partial charge in [0, 0.05) is 31.0 Å². The molecule has 3 unspecified atom stereocenters. The highest BCUT2D eigenvalue weighted by Crippen LogP contribution is 2.49. The van der Waals surface area contributed by atoms with Gasteiger partial charge >= 0.3 is 6.18 Å². The van der Waals surface area contributed by atoms with E-state index in [-0.39, 0.29) is 28.5 Å². The molecule has 0 radical (unpaired) electrons. The van der Waals surface area contributed by atoms with Crippen molar-refractivity contribution in [2.75, 3.05) is 4.90 Å². The third-order valence-electron chi connectivity index (χ3n) is 7.95. The van der Waals surface area contributed by atoms with Crippen LogP contribution in [0.4, 0.5) is 23.2 Å². The summed E-state index contributed by atoms with van der Waals surface area (Å²) in [6.45, 7) is 8.45. The first-order valence-electron chi connectivity index (χ1n) is 16.0. The zero-order valence-corrected chi connectivity index (χ0v) is 28.4. The van der Waals surface area contributed by atoms with E-state index < -0.39 is 22.7 Å². The van der Waals surface area contributed by atoms with Crippen molar-refractivity contribution in [1.82, 2.24) is 9.55 Å². The number of carbonyl (C=O) groups is 1. The molecule has 1 amide bonds. The number of fused-ring (bicyclic) bond motifs is 1. The number of aromatic nitrogens is 2. The number of nitrogens with two attached hydrogens (primary N) is 1. The molecule has 0 spiro atoms. The third kappa shape index (κ3) is 10.1. The van der Waals surface area contributed by atoms with Crippen molar-refractivity contribution in [1.29, 1.82) is 0 Å². The van der Waals surface area contributed by atoms with Gasteiger partial charge in [0.15, 0.2) is 0 Å².